The number of carbonyl (C=O) groups is 1. The summed E-state index contributed by atoms with van der Waals surface area (Å²) >= 11 is 0. The van der Waals surface area contributed by atoms with Gasteiger partial charge in [-0.1, -0.05) is 83.8 Å². The molecule has 0 rings (SSSR count). The first kappa shape index (κ1) is 20.8. The summed E-state index contributed by atoms with van der Waals surface area (Å²) in [6.07, 6.45) is 15.6. The third-order valence-electron chi connectivity index (χ3n) is 3.84. The molecule has 0 amide bonds. The van der Waals surface area contributed by atoms with Crippen LogP contribution in [0.25, 0.3) is 0 Å². The van der Waals surface area contributed by atoms with Crippen LogP contribution < -0.4 is 0 Å². The Morgan fingerprint density at radius 1 is 0.955 bits per heavy atom. The standard InChI is InChI=1S/C19H34O3/c1-4-6-7-8-9-10-11-12-13-14-15-16-18(20)22-19(21)17(3)5-2/h5,21H,2,4,6-16H2,1,3H3/b19-17-. The van der Waals surface area contributed by atoms with Crippen molar-refractivity contribution in [3.05, 3.63) is 24.2 Å². The lowest BCUT2D eigenvalue weighted by molar-refractivity contribution is -0.143. The lowest BCUT2D eigenvalue weighted by Gasteiger charge is -2.05. The lowest BCUT2D eigenvalue weighted by Crippen LogP contribution is -2.05. The average molecular weight is 310 g/mol. The van der Waals surface area contributed by atoms with Gasteiger partial charge in [-0.3, -0.25) is 4.79 Å². The normalized spacial score (nSPS) is 11.9. The minimum absolute atomic E-state index is 0.330. The molecular formula is C19H34O3. The van der Waals surface area contributed by atoms with Gasteiger partial charge in [0.05, 0.1) is 0 Å². The molecule has 128 valence electrons. The molecule has 22 heavy (non-hydrogen) atoms. The second-order valence-corrected chi connectivity index (χ2v) is 5.95. The van der Waals surface area contributed by atoms with Gasteiger partial charge in [-0.05, 0) is 13.3 Å². The number of hydrogen-bond donors (Lipinski definition) is 1. The zero-order valence-electron chi connectivity index (χ0n) is 14.5. The van der Waals surface area contributed by atoms with E-state index in [4.69, 9.17) is 4.74 Å². The minimum atomic E-state index is -0.366. The van der Waals surface area contributed by atoms with Gasteiger partial charge in [0.25, 0.3) is 5.95 Å². The van der Waals surface area contributed by atoms with E-state index in [2.05, 4.69) is 13.5 Å². The number of carbonyl (C=O) groups excluding carboxylic acids is 1. The number of ether oxygens (including phenoxy) is 1. The van der Waals surface area contributed by atoms with Crippen molar-refractivity contribution in [2.75, 3.05) is 0 Å². The van der Waals surface area contributed by atoms with Crippen LogP contribution in [-0.2, 0) is 9.53 Å². The number of hydrogen-bond acceptors (Lipinski definition) is 3. The van der Waals surface area contributed by atoms with Crippen molar-refractivity contribution in [3.63, 3.8) is 0 Å². The minimum Gasteiger partial charge on any atom is -0.480 e. The molecule has 0 aliphatic heterocycles. The molecule has 0 bridgehead atoms. The molecule has 0 fully saturated rings. The van der Waals surface area contributed by atoms with Crippen molar-refractivity contribution in [3.8, 4) is 0 Å². The molecule has 0 aromatic rings. The fourth-order valence-electron chi connectivity index (χ4n) is 2.26. The quantitative estimate of drug-likeness (QED) is 0.180. The van der Waals surface area contributed by atoms with Crippen LogP contribution in [0.1, 0.15) is 90.9 Å². The molecule has 0 heterocycles. The lowest BCUT2D eigenvalue weighted by atomic mass is 10.1. The summed E-state index contributed by atoms with van der Waals surface area (Å²) in [7, 11) is 0. The number of aliphatic hydroxyl groups excluding tert-OH is 1. The Hall–Kier alpha value is -1.25. The van der Waals surface area contributed by atoms with Crippen LogP contribution in [0.2, 0.25) is 0 Å². The summed E-state index contributed by atoms with van der Waals surface area (Å²) in [6, 6.07) is 0. The van der Waals surface area contributed by atoms with Crippen molar-refractivity contribution in [2.45, 2.75) is 90.9 Å². The van der Waals surface area contributed by atoms with Gasteiger partial charge in [0, 0.05) is 12.0 Å². The van der Waals surface area contributed by atoms with E-state index in [-0.39, 0.29) is 11.9 Å². The Morgan fingerprint density at radius 3 is 1.86 bits per heavy atom. The highest BCUT2D eigenvalue weighted by Gasteiger charge is 2.07. The smallest absolute Gasteiger partial charge is 0.313 e. The van der Waals surface area contributed by atoms with E-state index in [0.717, 1.165) is 12.8 Å². The van der Waals surface area contributed by atoms with E-state index < -0.39 is 0 Å². The summed E-state index contributed by atoms with van der Waals surface area (Å²) in [6.45, 7) is 7.41. The van der Waals surface area contributed by atoms with E-state index in [9.17, 15) is 9.90 Å². The van der Waals surface area contributed by atoms with Crippen LogP contribution >= 0.6 is 0 Å². The summed E-state index contributed by atoms with van der Waals surface area (Å²) < 4.78 is 4.82. The Labute approximate surface area is 136 Å². The molecule has 0 saturated carbocycles. The zero-order chi connectivity index (χ0) is 16.6. The number of esters is 1. The number of aliphatic hydroxyl groups is 1. The van der Waals surface area contributed by atoms with E-state index in [1.165, 1.54) is 63.9 Å². The molecule has 0 unspecified atom stereocenters. The molecule has 1 N–H and O–H groups in total. The highest BCUT2D eigenvalue weighted by atomic mass is 16.6. The zero-order valence-corrected chi connectivity index (χ0v) is 14.5. The second kappa shape index (κ2) is 14.7. The second-order valence-electron chi connectivity index (χ2n) is 5.95. The average Bonchev–Trinajstić information content (AvgIpc) is 2.51. The number of allylic oxidation sites excluding steroid dienone is 2. The maximum absolute atomic E-state index is 11.5. The van der Waals surface area contributed by atoms with Gasteiger partial charge >= 0.3 is 5.97 Å². The van der Waals surface area contributed by atoms with Crippen molar-refractivity contribution >= 4 is 5.97 Å². The molecule has 0 atom stereocenters. The highest BCUT2D eigenvalue weighted by Crippen LogP contribution is 2.12. The first-order chi connectivity index (χ1) is 10.6. The summed E-state index contributed by atoms with van der Waals surface area (Å²) in [5.41, 5.74) is 0.479. The van der Waals surface area contributed by atoms with E-state index in [1.807, 2.05) is 0 Å². The van der Waals surface area contributed by atoms with Crippen molar-refractivity contribution in [2.24, 2.45) is 0 Å². The Balaban J connectivity index is 3.39. The van der Waals surface area contributed by atoms with Gasteiger partial charge in [-0.2, -0.15) is 0 Å². The van der Waals surface area contributed by atoms with Crippen molar-refractivity contribution < 1.29 is 14.6 Å². The van der Waals surface area contributed by atoms with Crippen LogP contribution in [0.3, 0.4) is 0 Å². The first-order valence-corrected chi connectivity index (χ1v) is 8.84. The first-order valence-electron chi connectivity index (χ1n) is 8.84. The third kappa shape index (κ3) is 12.5. The monoisotopic (exact) mass is 310 g/mol. The van der Waals surface area contributed by atoms with Crippen LogP contribution in [-0.4, -0.2) is 11.1 Å². The summed E-state index contributed by atoms with van der Waals surface area (Å²) in [5.74, 6) is -0.697. The molecule has 0 aromatic heterocycles. The third-order valence-corrected chi connectivity index (χ3v) is 3.84. The Morgan fingerprint density at radius 2 is 1.41 bits per heavy atom. The Kier molecular flexibility index (Phi) is 13.8. The predicted molar refractivity (Wildman–Crippen MR) is 92.7 cm³/mol. The molecule has 0 spiro atoms. The van der Waals surface area contributed by atoms with Gasteiger partial charge in [0.2, 0.25) is 0 Å². The van der Waals surface area contributed by atoms with E-state index in [0.29, 0.717) is 12.0 Å². The van der Waals surface area contributed by atoms with Gasteiger partial charge in [0.15, 0.2) is 0 Å². The molecular weight excluding hydrogens is 276 g/mol. The predicted octanol–water partition coefficient (Wildman–Crippen LogP) is 6.21. The van der Waals surface area contributed by atoms with E-state index in [1.54, 1.807) is 6.92 Å². The SMILES string of the molecule is C=C/C(C)=C(/O)OC(=O)CCCCCCCCCCCCC. The number of unbranched alkanes of at least 4 members (excludes halogenated alkanes) is 10. The molecule has 3 nitrogen and oxygen atoms in total. The Bertz CT molecular complexity index is 332. The largest absolute Gasteiger partial charge is 0.480 e. The molecule has 0 aliphatic carbocycles. The molecule has 0 aliphatic rings. The number of rotatable bonds is 14. The fourth-order valence-corrected chi connectivity index (χ4v) is 2.26. The summed E-state index contributed by atoms with van der Waals surface area (Å²) in [4.78, 5) is 11.5. The molecule has 0 saturated heterocycles. The molecule has 3 heteroatoms. The molecule has 0 aromatic carbocycles. The molecule has 0 radical (unpaired) electrons. The maximum atomic E-state index is 11.5. The van der Waals surface area contributed by atoms with Crippen LogP contribution in [0.5, 0.6) is 0 Å². The van der Waals surface area contributed by atoms with Crippen LogP contribution in [0.4, 0.5) is 0 Å². The highest BCUT2D eigenvalue weighted by molar-refractivity contribution is 5.70. The maximum Gasteiger partial charge on any atom is 0.313 e. The van der Waals surface area contributed by atoms with Gasteiger partial charge in [-0.15, -0.1) is 0 Å². The van der Waals surface area contributed by atoms with Gasteiger partial charge in [-0.25, -0.2) is 0 Å². The van der Waals surface area contributed by atoms with Crippen molar-refractivity contribution in [1.82, 2.24) is 0 Å². The van der Waals surface area contributed by atoms with Crippen LogP contribution in [0, 0.1) is 0 Å². The van der Waals surface area contributed by atoms with Crippen LogP contribution in [0.15, 0.2) is 24.2 Å². The van der Waals surface area contributed by atoms with Gasteiger partial charge in [0.1, 0.15) is 0 Å². The van der Waals surface area contributed by atoms with Crippen molar-refractivity contribution in [1.29, 1.82) is 0 Å². The summed E-state index contributed by atoms with van der Waals surface area (Å²) in [5, 5.41) is 9.43. The van der Waals surface area contributed by atoms with Gasteiger partial charge < -0.3 is 9.84 Å². The fraction of sp³-hybridized carbons (Fsp3) is 0.737. The van der Waals surface area contributed by atoms with E-state index >= 15 is 0 Å². The topological polar surface area (TPSA) is 46.5 Å².